The van der Waals surface area contributed by atoms with Gasteiger partial charge in [-0.25, -0.2) is 0 Å². The molecule has 0 aliphatic carbocycles. The Labute approximate surface area is 118 Å². The largest absolute Gasteiger partial charge is 0.503 e. The molecule has 0 aromatic heterocycles. The normalized spacial score (nSPS) is 10.9. The fourth-order valence-corrected chi connectivity index (χ4v) is 2.39. The summed E-state index contributed by atoms with van der Waals surface area (Å²) < 4.78 is 5.83. The molecule has 0 heterocycles. The van der Waals surface area contributed by atoms with Gasteiger partial charge < -0.3 is 14.7 Å². The third kappa shape index (κ3) is 4.50. The van der Waals surface area contributed by atoms with Gasteiger partial charge in [-0.1, -0.05) is 19.8 Å². The Kier molecular flexibility index (Phi) is 6.50. The van der Waals surface area contributed by atoms with Crippen LogP contribution in [0.1, 0.15) is 31.7 Å². The summed E-state index contributed by atoms with van der Waals surface area (Å²) in [4.78, 5) is 2.29. The quantitative estimate of drug-likeness (QED) is 0.777. The molecular formula is C14H22BrNO2. The Morgan fingerprint density at radius 3 is 2.67 bits per heavy atom. The van der Waals surface area contributed by atoms with E-state index in [4.69, 9.17) is 4.74 Å². The van der Waals surface area contributed by atoms with Crippen LogP contribution in [0.3, 0.4) is 0 Å². The van der Waals surface area contributed by atoms with Crippen LogP contribution in [0, 0.1) is 0 Å². The Morgan fingerprint density at radius 1 is 1.33 bits per heavy atom. The molecule has 1 aromatic carbocycles. The van der Waals surface area contributed by atoms with E-state index in [0.29, 0.717) is 10.2 Å². The number of rotatable bonds is 7. The molecule has 1 N–H and O–H groups in total. The van der Waals surface area contributed by atoms with Crippen LogP contribution in [0.15, 0.2) is 16.6 Å². The predicted molar refractivity (Wildman–Crippen MR) is 78.2 cm³/mol. The summed E-state index contributed by atoms with van der Waals surface area (Å²) in [7, 11) is 3.68. The van der Waals surface area contributed by atoms with Gasteiger partial charge in [-0.2, -0.15) is 0 Å². The zero-order valence-corrected chi connectivity index (χ0v) is 13.0. The van der Waals surface area contributed by atoms with Crippen molar-refractivity contribution in [2.75, 3.05) is 20.7 Å². The van der Waals surface area contributed by atoms with E-state index in [1.807, 2.05) is 12.1 Å². The van der Waals surface area contributed by atoms with E-state index in [-0.39, 0.29) is 5.75 Å². The van der Waals surface area contributed by atoms with Crippen molar-refractivity contribution in [3.63, 3.8) is 0 Å². The van der Waals surface area contributed by atoms with Gasteiger partial charge in [-0.05, 0) is 53.6 Å². The van der Waals surface area contributed by atoms with Gasteiger partial charge in [-0.15, -0.1) is 0 Å². The van der Waals surface area contributed by atoms with Crippen molar-refractivity contribution in [2.45, 2.75) is 32.7 Å². The van der Waals surface area contributed by atoms with Gasteiger partial charge in [0.15, 0.2) is 11.5 Å². The Hall–Kier alpha value is -0.740. The van der Waals surface area contributed by atoms with Crippen molar-refractivity contribution in [1.82, 2.24) is 4.90 Å². The smallest absolute Gasteiger partial charge is 0.172 e. The van der Waals surface area contributed by atoms with Crippen LogP contribution < -0.4 is 4.74 Å². The highest BCUT2D eigenvalue weighted by Crippen LogP contribution is 2.35. The van der Waals surface area contributed by atoms with Crippen LogP contribution >= 0.6 is 15.9 Å². The van der Waals surface area contributed by atoms with Gasteiger partial charge in [0, 0.05) is 6.54 Å². The maximum absolute atomic E-state index is 9.74. The zero-order chi connectivity index (χ0) is 13.5. The van der Waals surface area contributed by atoms with Crippen LogP contribution in [0.25, 0.3) is 0 Å². The summed E-state index contributed by atoms with van der Waals surface area (Å²) in [5, 5.41) is 9.74. The first-order valence-corrected chi connectivity index (χ1v) is 7.11. The fourth-order valence-electron chi connectivity index (χ4n) is 1.90. The van der Waals surface area contributed by atoms with Crippen molar-refractivity contribution >= 4 is 15.9 Å². The molecule has 0 amide bonds. The minimum Gasteiger partial charge on any atom is -0.503 e. The summed E-state index contributed by atoms with van der Waals surface area (Å²) in [6.45, 7) is 4.16. The van der Waals surface area contributed by atoms with Crippen molar-refractivity contribution < 1.29 is 9.84 Å². The maximum Gasteiger partial charge on any atom is 0.172 e. The minimum atomic E-state index is 0.162. The summed E-state index contributed by atoms with van der Waals surface area (Å²) in [6, 6.07) is 3.82. The number of nitrogens with zero attached hydrogens (tertiary/aromatic N) is 1. The summed E-state index contributed by atoms with van der Waals surface area (Å²) >= 11 is 3.34. The number of aromatic hydroxyl groups is 1. The molecule has 0 saturated heterocycles. The van der Waals surface area contributed by atoms with Gasteiger partial charge in [0.05, 0.1) is 11.6 Å². The Bertz CT molecular complexity index is 382. The number of phenols is 1. The van der Waals surface area contributed by atoms with E-state index in [0.717, 1.165) is 18.7 Å². The van der Waals surface area contributed by atoms with E-state index >= 15 is 0 Å². The zero-order valence-electron chi connectivity index (χ0n) is 11.4. The molecular weight excluding hydrogens is 294 g/mol. The number of halogens is 1. The molecule has 18 heavy (non-hydrogen) atoms. The molecule has 3 nitrogen and oxygen atoms in total. The lowest BCUT2D eigenvalue weighted by Gasteiger charge is -2.17. The second-order valence-electron chi connectivity index (χ2n) is 4.57. The molecule has 0 saturated carbocycles. The lowest BCUT2D eigenvalue weighted by molar-refractivity contribution is 0.316. The van der Waals surface area contributed by atoms with Gasteiger partial charge in [-0.3, -0.25) is 0 Å². The van der Waals surface area contributed by atoms with E-state index in [1.54, 1.807) is 7.11 Å². The molecule has 1 aromatic rings. The lowest BCUT2D eigenvalue weighted by atomic mass is 10.2. The van der Waals surface area contributed by atoms with E-state index < -0.39 is 0 Å². The van der Waals surface area contributed by atoms with E-state index in [9.17, 15) is 5.11 Å². The number of benzene rings is 1. The third-order valence-electron chi connectivity index (χ3n) is 2.90. The first-order chi connectivity index (χ1) is 8.58. The van der Waals surface area contributed by atoms with Crippen LogP contribution in [-0.2, 0) is 6.54 Å². The molecule has 102 valence electrons. The van der Waals surface area contributed by atoms with Crippen molar-refractivity contribution in [3.05, 3.63) is 22.2 Å². The molecule has 4 heteroatoms. The monoisotopic (exact) mass is 315 g/mol. The van der Waals surface area contributed by atoms with Crippen molar-refractivity contribution in [3.8, 4) is 11.5 Å². The maximum atomic E-state index is 9.74. The highest BCUT2D eigenvalue weighted by molar-refractivity contribution is 9.10. The molecule has 0 aliphatic rings. The summed E-state index contributed by atoms with van der Waals surface area (Å²) in [5.41, 5.74) is 1.13. The SMILES string of the molecule is CCCCCN(C)Cc1cc(Br)c(O)c(OC)c1. The fraction of sp³-hybridized carbons (Fsp3) is 0.571. The van der Waals surface area contributed by atoms with Crippen LogP contribution in [-0.4, -0.2) is 30.7 Å². The van der Waals surface area contributed by atoms with Crippen LogP contribution in [0.5, 0.6) is 11.5 Å². The Morgan fingerprint density at radius 2 is 2.06 bits per heavy atom. The first-order valence-electron chi connectivity index (χ1n) is 6.32. The number of hydrogen-bond donors (Lipinski definition) is 1. The van der Waals surface area contributed by atoms with E-state index in [1.165, 1.54) is 19.3 Å². The number of hydrogen-bond acceptors (Lipinski definition) is 3. The lowest BCUT2D eigenvalue weighted by Crippen LogP contribution is -2.19. The second kappa shape index (κ2) is 7.64. The molecule has 0 atom stereocenters. The van der Waals surface area contributed by atoms with Crippen molar-refractivity contribution in [2.24, 2.45) is 0 Å². The number of phenolic OH excluding ortho intramolecular Hbond substituents is 1. The second-order valence-corrected chi connectivity index (χ2v) is 5.43. The average molecular weight is 316 g/mol. The third-order valence-corrected chi connectivity index (χ3v) is 3.51. The van der Waals surface area contributed by atoms with Gasteiger partial charge >= 0.3 is 0 Å². The van der Waals surface area contributed by atoms with E-state index in [2.05, 4.69) is 34.8 Å². The molecule has 0 aliphatic heterocycles. The standard InChI is InChI=1S/C14H22BrNO2/c1-4-5-6-7-16(2)10-11-8-12(15)14(17)13(9-11)18-3/h8-9,17H,4-7,10H2,1-3H3. The first kappa shape index (κ1) is 15.3. The molecule has 0 fully saturated rings. The topological polar surface area (TPSA) is 32.7 Å². The van der Waals surface area contributed by atoms with Crippen LogP contribution in [0.2, 0.25) is 0 Å². The highest BCUT2D eigenvalue weighted by atomic mass is 79.9. The molecule has 1 rings (SSSR count). The summed E-state index contributed by atoms with van der Waals surface area (Å²) in [5.74, 6) is 0.677. The predicted octanol–water partition coefficient (Wildman–Crippen LogP) is 3.79. The van der Waals surface area contributed by atoms with Gasteiger partial charge in [0.25, 0.3) is 0 Å². The molecule has 0 unspecified atom stereocenters. The number of methoxy groups -OCH3 is 1. The van der Waals surface area contributed by atoms with Crippen molar-refractivity contribution in [1.29, 1.82) is 0 Å². The number of ether oxygens (including phenoxy) is 1. The number of unbranched alkanes of at least 4 members (excludes halogenated alkanes) is 2. The van der Waals surface area contributed by atoms with Crippen LogP contribution in [0.4, 0.5) is 0 Å². The minimum absolute atomic E-state index is 0.162. The van der Waals surface area contributed by atoms with Gasteiger partial charge in [0.1, 0.15) is 0 Å². The molecule has 0 radical (unpaired) electrons. The average Bonchev–Trinajstić information content (AvgIpc) is 2.34. The molecule has 0 spiro atoms. The Balaban J connectivity index is 2.64. The van der Waals surface area contributed by atoms with Gasteiger partial charge in [0.2, 0.25) is 0 Å². The highest BCUT2D eigenvalue weighted by Gasteiger charge is 2.09. The molecule has 0 bridgehead atoms. The summed E-state index contributed by atoms with van der Waals surface area (Å²) in [6.07, 6.45) is 3.74.